The van der Waals surface area contributed by atoms with Gasteiger partial charge in [-0.3, -0.25) is 9.36 Å². The second-order valence-electron chi connectivity index (χ2n) is 22.3. The molecule has 4 N–H and O–H groups in total. The van der Waals surface area contributed by atoms with Crippen molar-refractivity contribution in [2.75, 3.05) is 12.3 Å². The summed E-state index contributed by atoms with van der Waals surface area (Å²) in [5.41, 5.74) is 14.4. The number of hydrogen-bond acceptors (Lipinski definition) is 16. The van der Waals surface area contributed by atoms with Crippen LogP contribution in [0.15, 0.2) is 110 Å². The number of benzene rings is 4. The largest absolute Gasteiger partial charge is 0.474 e. The second kappa shape index (κ2) is 30.4. The number of anilines is 1. The number of carbonyl (C=O) groups is 1. The Bertz CT molecular complexity index is 3800. The summed E-state index contributed by atoms with van der Waals surface area (Å²) < 4.78 is 30.7. The standard InChI is InChI=1S/C15H18BrNO.C15H19NO2.C14H17NO2.C14H15NO2.C10H13N5O/c1-9(2)18-15-14-10(3)6-5-7-12(14)8-13(17-15)11(4)16;1-9(2)18-15-14-10(3)6-5-7-12(14)8-13(16-15)11(4)17;2*1-9(2)17-14-13-10(3)5-4-6-11(13)7-12(8-16)15-14;11-9-8-10(13-5-12-9)15(6-14-8)7-3-1-2-4-16-7/h5-9,11H,1-4H3;5-9,11,17H,1-4H3;4-7,9,16H,8H2,1-3H3;4-9H,1-3H3;5-7H,1-4H2,(H2,11,12,13). The number of nitrogens with two attached hydrogens (primary N) is 1. The summed E-state index contributed by atoms with van der Waals surface area (Å²) >= 11 is 3.57. The highest BCUT2D eigenvalue weighted by Crippen LogP contribution is 2.35. The van der Waals surface area contributed by atoms with Gasteiger partial charge in [-0.1, -0.05) is 88.7 Å². The molecule has 0 aliphatic carbocycles. The summed E-state index contributed by atoms with van der Waals surface area (Å²) in [5.74, 6) is 2.91. The fourth-order valence-corrected chi connectivity index (χ4v) is 9.96. The molecule has 3 atom stereocenters. The van der Waals surface area contributed by atoms with E-state index in [2.05, 4.69) is 88.9 Å². The van der Waals surface area contributed by atoms with Crippen LogP contribution in [0.1, 0.15) is 155 Å². The lowest BCUT2D eigenvalue weighted by Crippen LogP contribution is -2.17. The number of imidazole rings is 1. The van der Waals surface area contributed by atoms with Gasteiger partial charge in [-0.15, -0.1) is 0 Å². The summed E-state index contributed by atoms with van der Waals surface area (Å²) in [5, 5.41) is 27.3. The van der Waals surface area contributed by atoms with Gasteiger partial charge in [0.1, 0.15) is 23.8 Å². The molecule has 0 radical (unpaired) electrons. The summed E-state index contributed by atoms with van der Waals surface area (Å²) in [7, 11) is 0. The highest BCUT2D eigenvalue weighted by atomic mass is 79.9. The van der Waals surface area contributed by atoms with Crippen molar-refractivity contribution in [3.8, 4) is 23.5 Å². The van der Waals surface area contributed by atoms with E-state index in [9.17, 15) is 15.0 Å². The highest BCUT2D eigenvalue weighted by Gasteiger charge is 2.20. The van der Waals surface area contributed by atoms with Gasteiger partial charge in [0.05, 0.1) is 65.4 Å². The molecular formula is C68H82BrN9O8. The number of ether oxygens (including phenoxy) is 5. The Balaban J connectivity index is 0.000000154. The Morgan fingerprint density at radius 2 is 1.05 bits per heavy atom. The maximum atomic E-state index is 10.9. The van der Waals surface area contributed by atoms with Crippen LogP contribution in [0.3, 0.4) is 0 Å². The first-order valence-electron chi connectivity index (χ1n) is 29.3. The number of pyridine rings is 4. The lowest BCUT2D eigenvalue weighted by molar-refractivity contribution is -0.0298. The summed E-state index contributed by atoms with van der Waals surface area (Å²) in [6, 6.07) is 32.0. The number of halogens is 1. The van der Waals surface area contributed by atoms with Gasteiger partial charge in [0.15, 0.2) is 17.8 Å². The Labute approximate surface area is 512 Å². The number of aldehydes is 1. The van der Waals surface area contributed by atoms with Crippen LogP contribution in [-0.2, 0) is 11.3 Å². The molecule has 454 valence electrons. The smallest absolute Gasteiger partial charge is 0.222 e. The number of rotatable bonds is 13. The van der Waals surface area contributed by atoms with Gasteiger partial charge >= 0.3 is 0 Å². The Morgan fingerprint density at radius 1 is 0.605 bits per heavy atom. The molecule has 11 rings (SSSR count). The fraction of sp³-hybridized carbons (Fsp3) is 0.382. The number of aromatic nitrogens is 8. The molecule has 1 fully saturated rings. The molecule has 10 aromatic rings. The van der Waals surface area contributed by atoms with Crippen molar-refractivity contribution in [1.82, 2.24) is 39.5 Å². The Morgan fingerprint density at radius 3 is 1.48 bits per heavy atom. The maximum absolute atomic E-state index is 10.9. The summed E-state index contributed by atoms with van der Waals surface area (Å²) in [4.78, 5) is 41.1. The van der Waals surface area contributed by atoms with Crippen LogP contribution in [0.4, 0.5) is 5.82 Å². The van der Waals surface area contributed by atoms with E-state index in [4.69, 9.17) is 29.4 Å². The first-order chi connectivity index (χ1) is 41.1. The molecule has 0 amide bonds. The SMILES string of the molecule is Cc1cccc2cc(C(C)Br)nc(OC(C)C)c12.Cc1cccc2cc(C(C)O)nc(OC(C)C)c12.Cc1cccc2cc(C=O)nc(OC(C)C)c12.Cc1cccc2cc(CO)nc(OC(C)C)c12.Nc1ncnc2c1ncn2C1CCCCO1. The first kappa shape index (κ1) is 65.6. The minimum absolute atomic E-state index is 0.0345. The molecule has 86 heavy (non-hydrogen) atoms. The third-order valence-electron chi connectivity index (χ3n) is 13.6. The van der Waals surface area contributed by atoms with E-state index in [0.717, 1.165) is 97.3 Å². The van der Waals surface area contributed by atoms with Crippen molar-refractivity contribution in [3.05, 3.63) is 155 Å². The third kappa shape index (κ3) is 17.0. The van der Waals surface area contributed by atoms with Crippen molar-refractivity contribution in [1.29, 1.82) is 0 Å². The average molecular weight is 1230 g/mol. The van der Waals surface area contributed by atoms with E-state index in [1.165, 1.54) is 23.7 Å². The summed E-state index contributed by atoms with van der Waals surface area (Å²) in [6.07, 6.45) is 6.95. The van der Waals surface area contributed by atoms with Gasteiger partial charge in [0.25, 0.3) is 0 Å². The topological polar surface area (TPSA) is 225 Å². The van der Waals surface area contributed by atoms with Crippen molar-refractivity contribution in [3.63, 3.8) is 0 Å². The van der Waals surface area contributed by atoms with Crippen LogP contribution in [0.25, 0.3) is 54.3 Å². The fourth-order valence-electron chi connectivity index (χ4n) is 9.72. The number of aliphatic hydroxyl groups excluding tert-OH is 2. The maximum Gasteiger partial charge on any atom is 0.222 e. The highest BCUT2D eigenvalue weighted by molar-refractivity contribution is 9.09. The number of nitrogen functional groups attached to an aromatic ring is 1. The van der Waals surface area contributed by atoms with Gasteiger partial charge in [-0.2, -0.15) is 0 Å². The van der Waals surface area contributed by atoms with E-state index in [-0.39, 0.29) is 42.1 Å². The molecule has 6 aromatic heterocycles. The van der Waals surface area contributed by atoms with Crippen LogP contribution in [0, 0.1) is 27.7 Å². The number of alkyl halides is 1. The quantitative estimate of drug-likeness (QED) is 0.0721. The van der Waals surface area contributed by atoms with E-state index < -0.39 is 6.10 Å². The van der Waals surface area contributed by atoms with Gasteiger partial charge in [-0.25, -0.2) is 34.9 Å². The van der Waals surface area contributed by atoms with E-state index in [1.807, 2.05) is 147 Å². The minimum Gasteiger partial charge on any atom is -0.474 e. The van der Waals surface area contributed by atoms with Gasteiger partial charge in [0.2, 0.25) is 23.5 Å². The van der Waals surface area contributed by atoms with Crippen molar-refractivity contribution >= 4 is 82.3 Å². The molecule has 1 aliphatic heterocycles. The Kier molecular flexibility index (Phi) is 23.2. The minimum atomic E-state index is -0.593. The van der Waals surface area contributed by atoms with Crippen LogP contribution in [0.5, 0.6) is 23.5 Å². The van der Waals surface area contributed by atoms with Crippen LogP contribution < -0.4 is 24.7 Å². The van der Waals surface area contributed by atoms with Gasteiger partial charge < -0.3 is 39.6 Å². The lowest BCUT2D eigenvalue weighted by atomic mass is 10.1. The van der Waals surface area contributed by atoms with E-state index in [1.54, 1.807) is 19.3 Å². The lowest BCUT2D eigenvalue weighted by Gasteiger charge is -2.23. The molecule has 3 unspecified atom stereocenters. The zero-order chi connectivity index (χ0) is 62.4. The first-order valence-corrected chi connectivity index (χ1v) is 30.2. The van der Waals surface area contributed by atoms with E-state index >= 15 is 0 Å². The van der Waals surface area contributed by atoms with Crippen molar-refractivity contribution < 1.29 is 38.7 Å². The molecule has 17 nitrogen and oxygen atoms in total. The second-order valence-corrected chi connectivity index (χ2v) is 23.7. The number of fused-ring (bicyclic) bond motifs is 5. The number of aliphatic hydroxyl groups is 2. The zero-order valence-corrected chi connectivity index (χ0v) is 53.5. The monoisotopic (exact) mass is 1230 g/mol. The molecule has 0 bridgehead atoms. The van der Waals surface area contributed by atoms with Crippen molar-refractivity contribution in [2.24, 2.45) is 0 Å². The molecule has 1 saturated heterocycles. The van der Waals surface area contributed by atoms with Gasteiger partial charge in [0, 0.05) is 28.2 Å². The number of nitrogens with zero attached hydrogens (tertiary/aromatic N) is 8. The van der Waals surface area contributed by atoms with Gasteiger partial charge in [-0.05, 0) is 184 Å². The number of carbonyl (C=O) groups excluding carboxylic acids is 1. The molecule has 7 heterocycles. The molecular weight excluding hydrogens is 1150 g/mol. The predicted molar refractivity (Wildman–Crippen MR) is 347 cm³/mol. The molecule has 18 heteroatoms. The Hall–Kier alpha value is -7.90. The molecule has 0 saturated carbocycles. The zero-order valence-electron chi connectivity index (χ0n) is 51.9. The predicted octanol–water partition coefficient (Wildman–Crippen LogP) is 15.2. The van der Waals surface area contributed by atoms with Crippen LogP contribution in [-0.4, -0.2) is 87.0 Å². The average Bonchev–Trinajstić information content (AvgIpc) is 3.25. The summed E-state index contributed by atoms with van der Waals surface area (Å²) in [6.45, 7) is 28.5. The normalized spacial score (nSPS) is 13.8. The molecule has 1 aliphatic rings. The number of aryl methyl sites for hydroxylation is 4. The number of hydrogen-bond donors (Lipinski definition) is 3. The van der Waals surface area contributed by atoms with Crippen molar-refractivity contribution in [2.45, 2.75) is 164 Å². The van der Waals surface area contributed by atoms with Crippen LogP contribution in [0.2, 0.25) is 0 Å². The third-order valence-corrected chi connectivity index (χ3v) is 14.1. The molecule has 0 spiro atoms. The molecule has 4 aromatic carbocycles. The van der Waals surface area contributed by atoms with Crippen LogP contribution >= 0.6 is 15.9 Å². The van der Waals surface area contributed by atoms with E-state index in [0.29, 0.717) is 46.1 Å².